The Morgan fingerprint density at radius 3 is 2.62 bits per heavy atom. The van der Waals surface area contributed by atoms with Crippen molar-refractivity contribution in [2.75, 3.05) is 32.1 Å². The Hall–Kier alpha value is -2.87. The summed E-state index contributed by atoms with van der Waals surface area (Å²) in [5.41, 5.74) is -1.72. The van der Waals surface area contributed by atoms with Gasteiger partial charge in [-0.1, -0.05) is 0 Å². The van der Waals surface area contributed by atoms with Gasteiger partial charge in [-0.15, -0.1) is 13.2 Å². The largest absolute Gasteiger partial charge is 0.573 e. The molecule has 2 rings (SSSR count). The summed E-state index contributed by atoms with van der Waals surface area (Å²) in [6.07, 6.45) is -5.09. The van der Waals surface area contributed by atoms with Crippen molar-refractivity contribution >= 4 is 39.2 Å². The molecule has 1 aromatic rings. The van der Waals surface area contributed by atoms with Gasteiger partial charge in [0.05, 0.1) is 41.3 Å². The minimum absolute atomic E-state index is 0.116. The third kappa shape index (κ3) is 5.14. The molecule has 0 spiro atoms. The number of amides is 1. The van der Waals surface area contributed by atoms with Crippen LogP contribution in [0.2, 0.25) is 0 Å². The van der Waals surface area contributed by atoms with E-state index in [9.17, 15) is 32.9 Å². The van der Waals surface area contributed by atoms with E-state index in [1.807, 2.05) is 0 Å². The van der Waals surface area contributed by atoms with Crippen LogP contribution in [0.3, 0.4) is 0 Å². The highest BCUT2D eigenvalue weighted by molar-refractivity contribution is 9.10. The summed E-state index contributed by atoms with van der Waals surface area (Å²) in [7, 11) is 1.06. The quantitative estimate of drug-likeness (QED) is 0.341. The average Bonchev–Trinajstić information content (AvgIpc) is 2.92. The predicted octanol–water partition coefficient (Wildman–Crippen LogP) is 1.93. The number of methoxy groups -OCH3 is 1. The summed E-state index contributed by atoms with van der Waals surface area (Å²) < 4.78 is 45.4. The second-order valence-electron chi connectivity index (χ2n) is 5.53. The molecule has 1 aromatic carbocycles. The van der Waals surface area contributed by atoms with Crippen molar-refractivity contribution in [3.05, 3.63) is 38.0 Å². The Bertz CT molecular complexity index is 889. The first-order valence-electron chi connectivity index (χ1n) is 7.70. The molecule has 0 atom stereocenters. The minimum Gasteiger partial charge on any atom is -0.466 e. The van der Waals surface area contributed by atoms with Crippen LogP contribution in [0.15, 0.2) is 27.9 Å². The summed E-state index contributed by atoms with van der Waals surface area (Å²) in [6.45, 7) is -0.740. The lowest BCUT2D eigenvalue weighted by Gasteiger charge is -2.16. The van der Waals surface area contributed by atoms with E-state index in [-0.39, 0.29) is 34.5 Å². The molecule has 0 saturated carbocycles. The van der Waals surface area contributed by atoms with Gasteiger partial charge in [-0.3, -0.25) is 14.9 Å². The molecule has 1 aliphatic rings. The monoisotopic (exact) mass is 483 g/mol. The second-order valence-corrected chi connectivity index (χ2v) is 6.38. The molecular formula is C15H13BrF3N3O7. The lowest BCUT2D eigenvalue weighted by molar-refractivity contribution is -0.384. The maximum Gasteiger partial charge on any atom is 0.573 e. The van der Waals surface area contributed by atoms with Gasteiger partial charge in [-0.05, 0) is 22.0 Å². The summed E-state index contributed by atoms with van der Waals surface area (Å²) in [5, 5.41) is 22.8. The van der Waals surface area contributed by atoms with E-state index in [1.165, 1.54) is 0 Å². The molecular weight excluding hydrogens is 471 g/mol. The van der Waals surface area contributed by atoms with Gasteiger partial charge >= 0.3 is 12.3 Å². The fourth-order valence-corrected chi connectivity index (χ4v) is 2.90. The molecule has 1 heterocycles. The number of hydrogen-bond acceptors (Lipinski definition) is 8. The third-order valence-electron chi connectivity index (χ3n) is 3.69. The van der Waals surface area contributed by atoms with Crippen molar-refractivity contribution in [1.82, 2.24) is 4.90 Å². The van der Waals surface area contributed by atoms with Gasteiger partial charge in [0.1, 0.15) is 11.4 Å². The maximum atomic E-state index is 12.5. The van der Waals surface area contributed by atoms with Crippen molar-refractivity contribution in [1.29, 1.82) is 0 Å². The van der Waals surface area contributed by atoms with Gasteiger partial charge in [-0.2, -0.15) is 0 Å². The number of carbonyl (C=O) groups is 2. The van der Waals surface area contributed by atoms with E-state index < -0.39 is 41.2 Å². The maximum absolute atomic E-state index is 12.5. The third-order valence-corrected chi connectivity index (χ3v) is 4.31. The second kappa shape index (κ2) is 8.65. The number of nitro groups is 1. The molecule has 14 heteroatoms. The van der Waals surface area contributed by atoms with Crippen LogP contribution in [-0.2, 0) is 14.3 Å². The van der Waals surface area contributed by atoms with Crippen LogP contribution in [0, 0.1) is 10.1 Å². The van der Waals surface area contributed by atoms with Gasteiger partial charge in [0.2, 0.25) is 0 Å². The molecule has 0 aromatic heterocycles. The molecule has 29 heavy (non-hydrogen) atoms. The number of ether oxygens (including phenoxy) is 2. The number of nitrogens with one attached hydrogen (secondary N) is 1. The summed E-state index contributed by atoms with van der Waals surface area (Å²) in [6, 6.07) is 1.42. The number of alkyl halides is 3. The topological polar surface area (TPSA) is 131 Å². The van der Waals surface area contributed by atoms with Gasteiger partial charge < -0.3 is 24.8 Å². The highest BCUT2D eigenvalue weighted by atomic mass is 79.9. The number of carbonyl (C=O) groups excluding carboxylic acids is 2. The number of esters is 1. The average molecular weight is 484 g/mol. The standard InChI is InChI=1S/C15H13BrF3N3O7/c1-28-14(25)7-6-21(2-3-23)13(24)12(7)20-9-4-8(16)11(29-15(17,18)19)5-10(9)22(26)27/h4-5,20,23H,2-3,6H2,1H3. The minimum atomic E-state index is -5.09. The molecule has 0 radical (unpaired) electrons. The van der Waals surface area contributed by atoms with Crippen molar-refractivity contribution in [3.63, 3.8) is 0 Å². The number of nitro benzene ring substituents is 1. The fraction of sp³-hybridized carbons (Fsp3) is 0.333. The van der Waals surface area contributed by atoms with Crippen molar-refractivity contribution in [3.8, 4) is 5.75 Å². The number of hydrogen-bond donors (Lipinski definition) is 2. The molecule has 10 nitrogen and oxygen atoms in total. The van der Waals surface area contributed by atoms with Crippen LogP contribution in [0.5, 0.6) is 5.75 Å². The molecule has 0 aliphatic carbocycles. The number of aliphatic hydroxyl groups excluding tert-OH is 1. The summed E-state index contributed by atoms with van der Waals surface area (Å²) in [4.78, 5) is 35.9. The Balaban J connectivity index is 2.50. The van der Waals surface area contributed by atoms with E-state index in [1.54, 1.807) is 0 Å². The van der Waals surface area contributed by atoms with Crippen LogP contribution >= 0.6 is 15.9 Å². The highest BCUT2D eigenvalue weighted by Gasteiger charge is 2.37. The van der Waals surface area contributed by atoms with Crippen molar-refractivity contribution in [2.45, 2.75) is 6.36 Å². The normalized spacial score (nSPS) is 14.3. The zero-order valence-electron chi connectivity index (χ0n) is 14.6. The summed E-state index contributed by atoms with van der Waals surface area (Å²) in [5.74, 6) is -2.50. The smallest absolute Gasteiger partial charge is 0.466 e. The van der Waals surface area contributed by atoms with Gasteiger partial charge in [0, 0.05) is 6.54 Å². The number of halogens is 4. The van der Waals surface area contributed by atoms with Crippen molar-refractivity contribution < 1.29 is 42.3 Å². The van der Waals surface area contributed by atoms with Crippen LogP contribution in [0.1, 0.15) is 0 Å². The number of aliphatic hydroxyl groups is 1. The van der Waals surface area contributed by atoms with Crippen LogP contribution < -0.4 is 10.1 Å². The van der Waals surface area contributed by atoms with E-state index in [0.717, 1.165) is 18.1 Å². The molecule has 0 bridgehead atoms. The zero-order chi connectivity index (χ0) is 21.9. The first-order valence-corrected chi connectivity index (χ1v) is 8.50. The Morgan fingerprint density at radius 1 is 1.45 bits per heavy atom. The number of nitrogens with zero attached hydrogens (tertiary/aromatic N) is 2. The SMILES string of the molecule is COC(=O)C1=C(Nc2cc(Br)c(OC(F)(F)F)cc2[N+](=O)[O-])C(=O)N(CCO)C1. The molecule has 1 aliphatic heterocycles. The number of anilines is 1. The van der Waals surface area contributed by atoms with Crippen LogP contribution in [-0.4, -0.2) is 60.0 Å². The van der Waals surface area contributed by atoms with E-state index >= 15 is 0 Å². The molecule has 0 fully saturated rings. The number of β-amino-alcohol motifs (C(OH)–C–C–N with tert-alkyl or cyclic N) is 1. The lowest BCUT2D eigenvalue weighted by atomic mass is 10.2. The Morgan fingerprint density at radius 2 is 2.10 bits per heavy atom. The van der Waals surface area contributed by atoms with Crippen molar-refractivity contribution in [2.24, 2.45) is 0 Å². The van der Waals surface area contributed by atoms with Gasteiger partial charge in [-0.25, -0.2) is 4.79 Å². The van der Waals surface area contributed by atoms with Gasteiger partial charge in [0.15, 0.2) is 5.75 Å². The van der Waals surface area contributed by atoms with Crippen LogP contribution in [0.25, 0.3) is 0 Å². The molecule has 0 saturated heterocycles. The Kier molecular flexibility index (Phi) is 6.69. The number of benzene rings is 1. The molecule has 158 valence electrons. The van der Waals surface area contributed by atoms with E-state index in [0.29, 0.717) is 6.07 Å². The zero-order valence-corrected chi connectivity index (χ0v) is 16.2. The fourth-order valence-electron chi connectivity index (χ4n) is 2.48. The number of rotatable bonds is 7. The van der Waals surface area contributed by atoms with E-state index in [4.69, 9.17) is 5.11 Å². The molecule has 2 N–H and O–H groups in total. The first-order chi connectivity index (χ1) is 13.5. The Labute approximate surface area is 169 Å². The van der Waals surface area contributed by atoms with E-state index in [2.05, 4.69) is 30.7 Å². The highest BCUT2D eigenvalue weighted by Crippen LogP contribution is 2.39. The summed E-state index contributed by atoms with van der Waals surface area (Å²) >= 11 is 2.82. The molecule has 0 unspecified atom stereocenters. The predicted molar refractivity (Wildman–Crippen MR) is 93.8 cm³/mol. The van der Waals surface area contributed by atoms with Crippen LogP contribution in [0.4, 0.5) is 24.5 Å². The lowest BCUT2D eigenvalue weighted by Crippen LogP contribution is -2.31. The van der Waals surface area contributed by atoms with Gasteiger partial charge in [0.25, 0.3) is 11.6 Å². The first kappa shape index (κ1) is 22.4. The molecule has 1 amide bonds.